The van der Waals surface area contributed by atoms with Crippen LogP contribution < -0.4 is 14.8 Å². The summed E-state index contributed by atoms with van der Waals surface area (Å²) >= 11 is 0. The van der Waals surface area contributed by atoms with Crippen molar-refractivity contribution in [3.05, 3.63) is 53.1 Å². The highest BCUT2D eigenvalue weighted by molar-refractivity contribution is 5.99. The van der Waals surface area contributed by atoms with Crippen molar-refractivity contribution in [1.82, 2.24) is 4.90 Å². The van der Waals surface area contributed by atoms with Crippen LogP contribution in [0.15, 0.2) is 36.4 Å². The maximum atomic E-state index is 12.7. The molecule has 0 aliphatic carbocycles. The molecular weight excluding hydrogens is 344 g/mol. The average Bonchev–Trinajstić information content (AvgIpc) is 2.64. The zero-order valence-electron chi connectivity index (χ0n) is 16.5. The van der Waals surface area contributed by atoms with Crippen molar-refractivity contribution in [1.29, 1.82) is 0 Å². The van der Waals surface area contributed by atoms with E-state index in [2.05, 4.69) is 5.32 Å². The molecule has 2 rings (SSSR count). The number of carbonyl (C=O) groups excluding carboxylic acids is 2. The summed E-state index contributed by atoms with van der Waals surface area (Å²) in [4.78, 5) is 26.4. The fraction of sp³-hybridized carbons (Fsp3) is 0.333. The van der Waals surface area contributed by atoms with Crippen LogP contribution in [0.1, 0.15) is 28.4 Å². The second-order valence-corrected chi connectivity index (χ2v) is 6.33. The summed E-state index contributed by atoms with van der Waals surface area (Å²) in [6, 6.07) is 10.8. The predicted molar refractivity (Wildman–Crippen MR) is 106 cm³/mol. The first-order valence-electron chi connectivity index (χ1n) is 8.79. The molecule has 0 unspecified atom stereocenters. The van der Waals surface area contributed by atoms with Crippen LogP contribution in [-0.4, -0.2) is 44.0 Å². The molecule has 0 aliphatic heterocycles. The van der Waals surface area contributed by atoms with Crippen molar-refractivity contribution in [2.24, 2.45) is 0 Å². The van der Waals surface area contributed by atoms with Crippen molar-refractivity contribution in [3.63, 3.8) is 0 Å². The Kier molecular flexibility index (Phi) is 6.82. The highest BCUT2D eigenvalue weighted by Gasteiger charge is 2.17. The average molecular weight is 370 g/mol. The third kappa shape index (κ3) is 5.23. The molecule has 0 saturated heterocycles. The van der Waals surface area contributed by atoms with Gasteiger partial charge >= 0.3 is 0 Å². The van der Waals surface area contributed by atoms with Gasteiger partial charge in [0.1, 0.15) is 0 Å². The Bertz CT molecular complexity index is 833. The van der Waals surface area contributed by atoms with Crippen LogP contribution in [-0.2, 0) is 4.79 Å². The number of nitrogens with zero attached hydrogens (tertiary/aromatic N) is 1. The summed E-state index contributed by atoms with van der Waals surface area (Å²) in [7, 11) is 3.14. The van der Waals surface area contributed by atoms with E-state index >= 15 is 0 Å². The van der Waals surface area contributed by atoms with Gasteiger partial charge in [-0.2, -0.15) is 0 Å². The van der Waals surface area contributed by atoms with Crippen LogP contribution in [0.5, 0.6) is 11.5 Å². The maximum Gasteiger partial charge on any atom is 0.254 e. The minimum Gasteiger partial charge on any atom is -0.493 e. The van der Waals surface area contributed by atoms with Gasteiger partial charge < -0.3 is 19.7 Å². The number of anilines is 1. The first-order chi connectivity index (χ1) is 12.8. The number of aryl methyl sites for hydroxylation is 2. The lowest BCUT2D eigenvalue weighted by atomic mass is 10.1. The molecule has 2 amide bonds. The lowest BCUT2D eigenvalue weighted by Crippen LogP contribution is -2.35. The van der Waals surface area contributed by atoms with Gasteiger partial charge in [0.25, 0.3) is 5.91 Å². The van der Waals surface area contributed by atoms with E-state index in [9.17, 15) is 9.59 Å². The fourth-order valence-electron chi connectivity index (χ4n) is 2.65. The van der Waals surface area contributed by atoms with Crippen LogP contribution in [0.4, 0.5) is 5.69 Å². The van der Waals surface area contributed by atoms with E-state index in [4.69, 9.17) is 9.47 Å². The zero-order chi connectivity index (χ0) is 20.0. The molecule has 0 aliphatic rings. The van der Waals surface area contributed by atoms with Crippen molar-refractivity contribution in [3.8, 4) is 11.5 Å². The molecule has 0 radical (unpaired) electrons. The number of amides is 2. The van der Waals surface area contributed by atoms with Crippen LogP contribution in [0.25, 0.3) is 0 Å². The van der Waals surface area contributed by atoms with Gasteiger partial charge in [-0.05, 0) is 56.2 Å². The van der Waals surface area contributed by atoms with Crippen molar-refractivity contribution < 1.29 is 19.1 Å². The summed E-state index contributed by atoms with van der Waals surface area (Å²) in [5.41, 5.74) is 3.21. The number of hydrogen-bond donors (Lipinski definition) is 1. The van der Waals surface area contributed by atoms with Gasteiger partial charge in [-0.1, -0.05) is 12.1 Å². The molecule has 6 heteroatoms. The Balaban J connectivity index is 2.07. The largest absolute Gasteiger partial charge is 0.493 e. The quantitative estimate of drug-likeness (QED) is 0.811. The standard InChI is InChI=1S/C21H26N2O4/c1-6-27-19-12-16(9-10-18(19)26-5)21(25)23(4)13-20(24)22-17-11-14(2)7-8-15(17)3/h7-12H,6,13H2,1-5H3,(H,22,24). The Morgan fingerprint density at radius 3 is 2.48 bits per heavy atom. The molecule has 0 saturated carbocycles. The Morgan fingerprint density at radius 1 is 1.07 bits per heavy atom. The van der Waals surface area contributed by atoms with Crippen LogP contribution in [0.3, 0.4) is 0 Å². The number of ether oxygens (including phenoxy) is 2. The third-order valence-electron chi connectivity index (χ3n) is 4.11. The van der Waals surface area contributed by atoms with E-state index in [-0.39, 0.29) is 18.4 Å². The van der Waals surface area contributed by atoms with E-state index < -0.39 is 0 Å². The molecule has 0 aromatic heterocycles. The normalized spacial score (nSPS) is 10.3. The first kappa shape index (κ1) is 20.3. The molecule has 0 fully saturated rings. The SMILES string of the molecule is CCOc1cc(C(=O)N(C)CC(=O)Nc2cc(C)ccc2C)ccc1OC. The van der Waals surface area contributed by atoms with E-state index in [1.54, 1.807) is 32.4 Å². The van der Waals surface area contributed by atoms with Crippen molar-refractivity contribution >= 4 is 17.5 Å². The number of nitrogens with one attached hydrogen (secondary N) is 1. The van der Waals surface area contributed by atoms with Gasteiger partial charge in [0.2, 0.25) is 5.91 Å². The summed E-state index contributed by atoms with van der Waals surface area (Å²) in [5.74, 6) is 0.538. The number of likely N-dealkylation sites (N-methyl/N-ethyl adjacent to an activating group) is 1. The summed E-state index contributed by atoms with van der Waals surface area (Å²) < 4.78 is 10.7. The topological polar surface area (TPSA) is 67.9 Å². The Morgan fingerprint density at radius 2 is 1.81 bits per heavy atom. The molecule has 27 heavy (non-hydrogen) atoms. The molecule has 0 spiro atoms. The molecule has 0 atom stereocenters. The lowest BCUT2D eigenvalue weighted by molar-refractivity contribution is -0.116. The Hall–Kier alpha value is -3.02. The number of methoxy groups -OCH3 is 1. The van der Waals surface area contributed by atoms with E-state index in [0.717, 1.165) is 16.8 Å². The van der Waals surface area contributed by atoms with Crippen molar-refractivity contribution in [2.45, 2.75) is 20.8 Å². The van der Waals surface area contributed by atoms with Gasteiger partial charge in [0.15, 0.2) is 11.5 Å². The highest BCUT2D eigenvalue weighted by Crippen LogP contribution is 2.28. The maximum absolute atomic E-state index is 12.7. The predicted octanol–water partition coefficient (Wildman–Crippen LogP) is 3.42. The smallest absolute Gasteiger partial charge is 0.254 e. The van der Waals surface area contributed by atoms with Gasteiger partial charge in [-0.25, -0.2) is 0 Å². The number of carbonyl (C=O) groups is 2. The monoisotopic (exact) mass is 370 g/mol. The first-order valence-corrected chi connectivity index (χ1v) is 8.79. The minimum atomic E-state index is -0.269. The number of rotatable bonds is 7. The van der Waals surface area contributed by atoms with Gasteiger partial charge in [-0.3, -0.25) is 9.59 Å². The molecule has 0 heterocycles. The second-order valence-electron chi connectivity index (χ2n) is 6.33. The molecule has 0 bridgehead atoms. The minimum absolute atomic E-state index is 0.0534. The molecule has 1 N–H and O–H groups in total. The summed E-state index contributed by atoms with van der Waals surface area (Å²) in [6.45, 7) is 6.16. The molecule has 6 nitrogen and oxygen atoms in total. The van der Waals surface area contributed by atoms with E-state index in [1.165, 1.54) is 4.90 Å². The van der Waals surface area contributed by atoms with Crippen LogP contribution >= 0.6 is 0 Å². The fourth-order valence-corrected chi connectivity index (χ4v) is 2.65. The second kappa shape index (κ2) is 9.07. The highest BCUT2D eigenvalue weighted by atomic mass is 16.5. The molecule has 2 aromatic carbocycles. The van der Waals surface area contributed by atoms with Gasteiger partial charge in [0, 0.05) is 18.3 Å². The van der Waals surface area contributed by atoms with Crippen LogP contribution in [0, 0.1) is 13.8 Å². The van der Waals surface area contributed by atoms with Gasteiger partial charge in [0.05, 0.1) is 20.3 Å². The van der Waals surface area contributed by atoms with Crippen LogP contribution in [0.2, 0.25) is 0 Å². The number of hydrogen-bond acceptors (Lipinski definition) is 4. The van der Waals surface area contributed by atoms with E-state index in [0.29, 0.717) is 23.7 Å². The summed E-state index contributed by atoms with van der Waals surface area (Å²) in [5, 5.41) is 2.86. The molecule has 144 valence electrons. The summed E-state index contributed by atoms with van der Waals surface area (Å²) in [6.07, 6.45) is 0. The molecule has 2 aromatic rings. The zero-order valence-corrected chi connectivity index (χ0v) is 16.5. The van der Waals surface area contributed by atoms with E-state index in [1.807, 2.05) is 39.0 Å². The number of benzene rings is 2. The lowest BCUT2D eigenvalue weighted by Gasteiger charge is -2.18. The van der Waals surface area contributed by atoms with Crippen molar-refractivity contribution in [2.75, 3.05) is 32.6 Å². The Labute approximate surface area is 160 Å². The third-order valence-corrected chi connectivity index (χ3v) is 4.11. The van der Waals surface area contributed by atoms with Gasteiger partial charge in [-0.15, -0.1) is 0 Å². The molecular formula is C21H26N2O4.